The summed E-state index contributed by atoms with van der Waals surface area (Å²) in [7, 11) is 0. The monoisotopic (exact) mass is 350 g/mol. The Morgan fingerprint density at radius 3 is 2.58 bits per heavy atom. The third kappa shape index (κ3) is 5.19. The Morgan fingerprint density at radius 2 is 2.00 bits per heavy atom. The van der Waals surface area contributed by atoms with Crippen molar-refractivity contribution in [2.45, 2.75) is 18.7 Å². The van der Waals surface area contributed by atoms with Gasteiger partial charge in [0.2, 0.25) is 0 Å². The van der Waals surface area contributed by atoms with Crippen molar-refractivity contribution < 1.29 is 19.8 Å². The van der Waals surface area contributed by atoms with E-state index in [9.17, 15) is 14.6 Å². The number of aliphatic hydroxyl groups excluding tert-OH is 1. The Bertz CT molecular complexity index is 684. The second-order valence-electron chi connectivity index (χ2n) is 5.33. The first-order valence-electron chi connectivity index (χ1n) is 7.39. The van der Waals surface area contributed by atoms with Crippen LogP contribution in [0, 0.1) is 11.8 Å². The van der Waals surface area contributed by atoms with Crippen LogP contribution in [0.5, 0.6) is 0 Å². The van der Waals surface area contributed by atoms with Gasteiger partial charge in [0.05, 0.1) is 17.6 Å². The van der Waals surface area contributed by atoms with Gasteiger partial charge in [-0.2, -0.15) is 0 Å². The molecule has 7 nitrogen and oxygen atoms in total. The van der Waals surface area contributed by atoms with E-state index < -0.39 is 17.2 Å². The van der Waals surface area contributed by atoms with Gasteiger partial charge in [-0.3, -0.25) is 0 Å². The molecule has 2 rings (SSSR count). The molecule has 8 heteroatoms. The minimum Gasteiger partial charge on any atom is -0.616 e. The molecule has 0 amide bonds. The SMILES string of the molecule is Cc1nc(N[C@H](CO)C[S+]([O-])Cc2ccccc2)ccc1[N+](=O)O. The predicted octanol–water partition coefficient (Wildman–Crippen LogP) is 1.91. The third-order valence-corrected chi connectivity index (χ3v) is 4.82. The maximum atomic E-state index is 12.2. The molecule has 1 aromatic carbocycles. The fourth-order valence-corrected chi connectivity index (χ4v) is 3.55. The van der Waals surface area contributed by atoms with Gasteiger partial charge in [-0.1, -0.05) is 30.3 Å². The lowest BCUT2D eigenvalue weighted by Gasteiger charge is -2.19. The lowest BCUT2D eigenvalue weighted by Crippen LogP contribution is -2.33. The summed E-state index contributed by atoms with van der Waals surface area (Å²) in [6.07, 6.45) is 0. The Hall–Kier alpha value is -2.16. The average Bonchev–Trinajstić information content (AvgIpc) is 2.54. The molecule has 0 aliphatic carbocycles. The van der Waals surface area contributed by atoms with E-state index in [2.05, 4.69) is 10.3 Å². The molecule has 3 N–H and O–H groups in total. The quantitative estimate of drug-likeness (QED) is 0.496. The molecule has 1 heterocycles. The van der Waals surface area contributed by atoms with E-state index in [1.165, 1.54) is 12.1 Å². The first-order chi connectivity index (χ1) is 11.5. The van der Waals surface area contributed by atoms with Crippen LogP contribution in [0.3, 0.4) is 0 Å². The van der Waals surface area contributed by atoms with Crippen LogP contribution in [0.25, 0.3) is 0 Å². The maximum absolute atomic E-state index is 12.2. The van der Waals surface area contributed by atoms with Crippen molar-refractivity contribution in [1.29, 1.82) is 0 Å². The molecule has 0 saturated heterocycles. The molecule has 1 aromatic heterocycles. The van der Waals surface area contributed by atoms with Crippen molar-refractivity contribution in [2.24, 2.45) is 0 Å². The van der Waals surface area contributed by atoms with Crippen molar-refractivity contribution in [3.05, 3.63) is 58.6 Å². The van der Waals surface area contributed by atoms with E-state index in [4.69, 9.17) is 5.21 Å². The Kier molecular flexibility index (Phi) is 6.53. The summed E-state index contributed by atoms with van der Waals surface area (Å²) in [5.74, 6) is 1.12. The molecule has 2 atom stereocenters. The summed E-state index contributed by atoms with van der Waals surface area (Å²) < 4.78 is 12.2. The summed E-state index contributed by atoms with van der Waals surface area (Å²) in [5, 5.41) is 21.4. The van der Waals surface area contributed by atoms with Gasteiger partial charge in [-0.05, 0) is 24.2 Å². The normalized spacial score (nSPS) is 13.3. The van der Waals surface area contributed by atoms with Crippen molar-refractivity contribution in [3.63, 3.8) is 0 Å². The highest BCUT2D eigenvalue weighted by atomic mass is 32.2. The van der Waals surface area contributed by atoms with Crippen molar-refractivity contribution in [2.75, 3.05) is 17.7 Å². The first kappa shape index (κ1) is 18.2. The zero-order valence-corrected chi connectivity index (χ0v) is 14.1. The fourth-order valence-electron chi connectivity index (χ4n) is 2.23. The van der Waals surface area contributed by atoms with Crippen LogP contribution in [-0.4, -0.2) is 43.2 Å². The summed E-state index contributed by atoms with van der Waals surface area (Å²) in [6, 6.07) is 12.0. The van der Waals surface area contributed by atoms with Crippen LogP contribution in [0.15, 0.2) is 42.5 Å². The number of rotatable bonds is 8. The van der Waals surface area contributed by atoms with Crippen LogP contribution in [-0.2, 0) is 16.9 Å². The van der Waals surface area contributed by atoms with Gasteiger partial charge >= 0.3 is 5.69 Å². The van der Waals surface area contributed by atoms with Gasteiger partial charge in [0.25, 0.3) is 4.92 Å². The van der Waals surface area contributed by atoms with Gasteiger partial charge < -0.3 is 15.0 Å². The number of aromatic nitrogens is 1. The average molecular weight is 350 g/mol. The highest BCUT2D eigenvalue weighted by Gasteiger charge is 2.20. The summed E-state index contributed by atoms with van der Waals surface area (Å²) in [5.41, 5.74) is 1.37. The summed E-state index contributed by atoms with van der Waals surface area (Å²) in [6.45, 7) is 1.39. The van der Waals surface area contributed by atoms with Crippen LogP contribution < -0.4 is 5.32 Å². The van der Waals surface area contributed by atoms with Crippen molar-refractivity contribution >= 4 is 22.7 Å². The molecule has 0 aliphatic heterocycles. The molecule has 2 aromatic rings. The molecule has 0 aliphatic rings. The Labute approximate surface area is 143 Å². The summed E-state index contributed by atoms with van der Waals surface area (Å²) >= 11 is -1.14. The lowest BCUT2D eigenvalue weighted by molar-refractivity contribution is -0.730. The number of anilines is 1. The van der Waals surface area contributed by atoms with Crippen molar-refractivity contribution in [1.82, 2.24) is 4.98 Å². The second-order valence-corrected chi connectivity index (χ2v) is 6.84. The minimum atomic E-state index is -1.14. The molecule has 0 spiro atoms. The fraction of sp³-hybridized carbons (Fsp3) is 0.312. The number of nitrogens with zero attached hydrogens (tertiary/aromatic N) is 2. The zero-order chi connectivity index (χ0) is 17.5. The number of hydrogen-bond acceptors (Lipinski definition) is 5. The maximum Gasteiger partial charge on any atom is 0.337 e. The van der Waals surface area contributed by atoms with Crippen LogP contribution in [0.1, 0.15) is 11.3 Å². The smallest absolute Gasteiger partial charge is 0.337 e. The van der Waals surface area contributed by atoms with E-state index in [0.717, 1.165) is 5.56 Å². The Morgan fingerprint density at radius 1 is 1.29 bits per heavy atom. The van der Waals surface area contributed by atoms with E-state index in [1.807, 2.05) is 30.3 Å². The number of nitrogens with one attached hydrogen (secondary N) is 1. The topological polar surface area (TPSA) is 109 Å². The van der Waals surface area contributed by atoms with Gasteiger partial charge in [0.1, 0.15) is 23.0 Å². The number of hydrogen-bond donors (Lipinski definition) is 3. The summed E-state index contributed by atoms with van der Waals surface area (Å²) in [4.78, 5) is 14.8. The van der Waals surface area contributed by atoms with Gasteiger partial charge in [0.15, 0.2) is 0 Å². The van der Waals surface area contributed by atoms with E-state index in [-0.39, 0.29) is 23.0 Å². The number of pyridine rings is 1. The van der Waals surface area contributed by atoms with Crippen LogP contribution in [0.4, 0.5) is 11.5 Å². The molecule has 128 valence electrons. The number of aryl methyl sites for hydroxylation is 1. The molecular weight excluding hydrogens is 330 g/mol. The highest BCUT2D eigenvalue weighted by Crippen LogP contribution is 2.18. The molecule has 0 radical (unpaired) electrons. The lowest BCUT2D eigenvalue weighted by atomic mass is 10.2. The van der Waals surface area contributed by atoms with E-state index in [1.54, 1.807) is 6.92 Å². The molecule has 0 bridgehead atoms. The molecular formula is C16H20N3O4S+. The predicted molar refractivity (Wildman–Crippen MR) is 91.7 cm³/mol. The van der Waals surface area contributed by atoms with Gasteiger partial charge in [0, 0.05) is 11.6 Å². The van der Waals surface area contributed by atoms with E-state index in [0.29, 0.717) is 17.3 Å². The molecule has 1 unspecified atom stereocenters. The zero-order valence-electron chi connectivity index (χ0n) is 13.3. The molecule has 0 fully saturated rings. The van der Waals surface area contributed by atoms with Crippen molar-refractivity contribution in [3.8, 4) is 0 Å². The molecule has 24 heavy (non-hydrogen) atoms. The van der Waals surface area contributed by atoms with E-state index >= 15 is 0 Å². The van der Waals surface area contributed by atoms with Gasteiger partial charge in [-0.25, -0.2) is 10.2 Å². The first-order valence-corrected chi connectivity index (χ1v) is 8.88. The number of aliphatic hydroxyl groups is 1. The number of benzene rings is 1. The molecule has 0 saturated carbocycles. The van der Waals surface area contributed by atoms with Gasteiger partial charge in [-0.15, -0.1) is 0 Å². The largest absolute Gasteiger partial charge is 0.616 e. The van der Waals surface area contributed by atoms with Crippen LogP contribution in [0.2, 0.25) is 0 Å². The van der Waals surface area contributed by atoms with Crippen LogP contribution >= 0.6 is 0 Å². The standard InChI is InChI=1S/C16H20N3O4S/c1-12-15(19(21)22)7-8-16(17-12)18-14(9-20)11-24(23)10-13-5-3-2-4-6-13/h2-8,14,20H,9-11H2,1H3,(H,17,18)(H,21,22)/q+1/t14-,24?/m1/s1. The highest BCUT2D eigenvalue weighted by molar-refractivity contribution is 7.90. The third-order valence-electron chi connectivity index (χ3n) is 3.39. The second kappa shape index (κ2) is 8.62. The Balaban J connectivity index is 1.96. The minimum absolute atomic E-state index is 0.0498.